The van der Waals surface area contributed by atoms with Crippen molar-refractivity contribution in [3.8, 4) is 0 Å². The highest BCUT2D eigenvalue weighted by Crippen LogP contribution is 2.16. The molecule has 0 aromatic carbocycles. The molecule has 96 valence electrons. The van der Waals surface area contributed by atoms with E-state index in [1.54, 1.807) is 0 Å². The van der Waals surface area contributed by atoms with E-state index in [9.17, 15) is 0 Å². The summed E-state index contributed by atoms with van der Waals surface area (Å²) in [4.78, 5) is 10.6. The van der Waals surface area contributed by atoms with Crippen LogP contribution in [0, 0.1) is 0 Å². The molecule has 0 aliphatic carbocycles. The second-order valence-electron chi connectivity index (χ2n) is 3.92. The summed E-state index contributed by atoms with van der Waals surface area (Å²) < 4.78 is 0. The van der Waals surface area contributed by atoms with Crippen molar-refractivity contribution in [1.29, 1.82) is 0 Å². The minimum Gasteiger partial charge on any atom is -0.370 e. The summed E-state index contributed by atoms with van der Waals surface area (Å²) in [6.07, 6.45) is 2.29. The van der Waals surface area contributed by atoms with Crippen LogP contribution in [0.3, 0.4) is 0 Å². The molecule has 0 spiro atoms. The van der Waals surface area contributed by atoms with Gasteiger partial charge in [-0.15, -0.1) is 0 Å². The van der Waals surface area contributed by atoms with Crippen LogP contribution in [0.5, 0.6) is 0 Å². The zero-order valence-corrected chi connectivity index (χ0v) is 11.0. The van der Waals surface area contributed by atoms with Gasteiger partial charge in [0.15, 0.2) is 0 Å². The summed E-state index contributed by atoms with van der Waals surface area (Å²) in [6, 6.07) is 1.96. The summed E-state index contributed by atoms with van der Waals surface area (Å²) in [5.41, 5.74) is 5.72. The lowest BCUT2D eigenvalue weighted by atomic mass is 10.3. The third-order valence-corrected chi connectivity index (χ3v) is 2.65. The van der Waals surface area contributed by atoms with Crippen molar-refractivity contribution in [3.05, 3.63) is 6.07 Å². The SMILES string of the molecule is CCCCNc1cc(N(CC)CC)nc(N)n1. The quantitative estimate of drug-likeness (QED) is 0.711. The lowest BCUT2D eigenvalue weighted by molar-refractivity contribution is 0.825. The zero-order chi connectivity index (χ0) is 12.7. The van der Waals surface area contributed by atoms with Crippen molar-refractivity contribution >= 4 is 17.6 Å². The van der Waals surface area contributed by atoms with Gasteiger partial charge in [-0.2, -0.15) is 9.97 Å². The van der Waals surface area contributed by atoms with Crippen molar-refractivity contribution in [2.24, 2.45) is 0 Å². The molecule has 0 atom stereocenters. The number of nitrogens with one attached hydrogen (secondary N) is 1. The maximum absolute atomic E-state index is 5.72. The van der Waals surface area contributed by atoms with Gasteiger partial charge in [0, 0.05) is 25.7 Å². The molecule has 1 aromatic heterocycles. The highest BCUT2D eigenvalue weighted by atomic mass is 15.2. The molecule has 0 saturated carbocycles. The Kier molecular flexibility index (Phi) is 5.52. The first kappa shape index (κ1) is 13.5. The smallest absolute Gasteiger partial charge is 0.223 e. The maximum atomic E-state index is 5.72. The minimum atomic E-state index is 0.327. The molecule has 0 saturated heterocycles. The first-order valence-electron chi connectivity index (χ1n) is 6.34. The number of nitrogens with zero attached hydrogens (tertiary/aromatic N) is 3. The molecule has 0 bridgehead atoms. The fourth-order valence-corrected chi connectivity index (χ4v) is 1.65. The van der Waals surface area contributed by atoms with E-state index in [0.717, 1.165) is 44.1 Å². The number of nitrogen functional groups attached to an aromatic ring is 1. The van der Waals surface area contributed by atoms with E-state index in [-0.39, 0.29) is 0 Å². The standard InChI is InChI=1S/C12H23N5/c1-4-7-8-14-10-9-11(16-12(13)15-10)17(5-2)6-3/h9H,4-8H2,1-3H3,(H3,13,14,15,16). The summed E-state index contributed by atoms with van der Waals surface area (Å²) in [5.74, 6) is 2.03. The maximum Gasteiger partial charge on any atom is 0.223 e. The molecule has 5 nitrogen and oxygen atoms in total. The Labute approximate surface area is 103 Å². The van der Waals surface area contributed by atoms with Gasteiger partial charge >= 0.3 is 0 Å². The second-order valence-corrected chi connectivity index (χ2v) is 3.92. The average molecular weight is 237 g/mol. The summed E-state index contributed by atoms with van der Waals surface area (Å²) in [6.45, 7) is 9.13. The molecule has 1 rings (SSSR count). The normalized spacial score (nSPS) is 10.3. The van der Waals surface area contributed by atoms with Gasteiger partial charge in [0.25, 0.3) is 0 Å². The second kappa shape index (κ2) is 6.93. The minimum absolute atomic E-state index is 0.327. The molecule has 1 aromatic rings. The van der Waals surface area contributed by atoms with E-state index >= 15 is 0 Å². The number of rotatable bonds is 7. The molecule has 0 unspecified atom stereocenters. The fourth-order valence-electron chi connectivity index (χ4n) is 1.65. The van der Waals surface area contributed by atoms with Crippen LogP contribution in [0.15, 0.2) is 6.07 Å². The predicted molar refractivity (Wildman–Crippen MR) is 73.4 cm³/mol. The van der Waals surface area contributed by atoms with Gasteiger partial charge in [-0.05, 0) is 20.3 Å². The van der Waals surface area contributed by atoms with E-state index in [4.69, 9.17) is 5.73 Å². The van der Waals surface area contributed by atoms with Crippen LogP contribution in [0.4, 0.5) is 17.6 Å². The van der Waals surface area contributed by atoms with Crippen LogP contribution >= 0.6 is 0 Å². The summed E-state index contributed by atoms with van der Waals surface area (Å²) in [5, 5.41) is 3.27. The van der Waals surface area contributed by atoms with Crippen LogP contribution in [-0.4, -0.2) is 29.6 Å². The van der Waals surface area contributed by atoms with Gasteiger partial charge in [0.05, 0.1) is 0 Å². The van der Waals surface area contributed by atoms with Crippen LogP contribution in [0.25, 0.3) is 0 Å². The van der Waals surface area contributed by atoms with Gasteiger partial charge in [-0.25, -0.2) is 0 Å². The van der Waals surface area contributed by atoms with Crippen LogP contribution in [-0.2, 0) is 0 Å². The average Bonchev–Trinajstić information content (AvgIpc) is 2.30. The van der Waals surface area contributed by atoms with Crippen molar-refractivity contribution in [2.45, 2.75) is 33.6 Å². The van der Waals surface area contributed by atoms with E-state index in [0.29, 0.717) is 5.95 Å². The first-order chi connectivity index (χ1) is 8.21. The van der Waals surface area contributed by atoms with Crippen molar-refractivity contribution < 1.29 is 0 Å². The Morgan fingerprint density at radius 3 is 2.53 bits per heavy atom. The fraction of sp³-hybridized carbons (Fsp3) is 0.667. The molecule has 0 amide bonds. The first-order valence-corrected chi connectivity index (χ1v) is 6.34. The topological polar surface area (TPSA) is 67.1 Å². The number of anilines is 3. The van der Waals surface area contributed by atoms with Crippen molar-refractivity contribution in [1.82, 2.24) is 9.97 Å². The number of hydrogen-bond donors (Lipinski definition) is 2. The zero-order valence-electron chi connectivity index (χ0n) is 11.0. The molecule has 0 fully saturated rings. The summed E-state index contributed by atoms with van der Waals surface area (Å²) >= 11 is 0. The Morgan fingerprint density at radius 1 is 1.24 bits per heavy atom. The molecular formula is C12H23N5. The molecule has 3 N–H and O–H groups in total. The lowest BCUT2D eigenvalue weighted by Crippen LogP contribution is -2.23. The Morgan fingerprint density at radius 2 is 1.94 bits per heavy atom. The Bertz CT molecular complexity index is 336. The Hall–Kier alpha value is -1.52. The molecule has 0 aliphatic heterocycles. The lowest BCUT2D eigenvalue weighted by Gasteiger charge is -2.20. The molecule has 0 aliphatic rings. The van der Waals surface area contributed by atoms with Crippen LogP contribution in [0.1, 0.15) is 33.6 Å². The highest BCUT2D eigenvalue weighted by molar-refractivity contribution is 5.52. The van der Waals surface area contributed by atoms with Gasteiger partial charge in [-0.1, -0.05) is 13.3 Å². The van der Waals surface area contributed by atoms with Crippen LogP contribution < -0.4 is 16.0 Å². The van der Waals surface area contributed by atoms with E-state index in [2.05, 4.69) is 41.0 Å². The largest absolute Gasteiger partial charge is 0.370 e. The monoisotopic (exact) mass is 237 g/mol. The molecular weight excluding hydrogens is 214 g/mol. The number of nitrogens with two attached hydrogens (primary N) is 1. The molecule has 17 heavy (non-hydrogen) atoms. The number of unbranched alkanes of at least 4 members (excludes halogenated alkanes) is 1. The van der Waals surface area contributed by atoms with E-state index in [1.165, 1.54) is 0 Å². The summed E-state index contributed by atoms with van der Waals surface area (Å²) in [7, 11) is 0. The van der Waals surface area contributed by atoms with Crippen molar-refractivity contribution in [3.63, 3.8) is 0 Å². The molecule has 0 radical (unpaired) electrons. The third kappa shape index (κ3) is 4.09. The van der Waals surface area contributed by atoms with Gasteiger partial charge < -0.3 is 16.0 Å². The van der Waals surface area contributed by atoms with Gasteiger partial charge in [-0.3, -0.25) is 0 Å². The molecule has 1 heterocycles. The predicted octanol–water partition coefficient (Wildman–Crippen LogP) is 2.12. The van der Waals surface area contributed by atoms with Crippen molar-refractivity contribution in [2.75, 3.05) is 35.6 Å². The Balaban J connectivity index is 2.78. The number of aromatic nitrogens is 2. The van der Waals surface area contributed by atoms with E-state index in [1.807, 2.05) is 6.07 Å². The van der Waals surface area contributed by atoms with Gasteiger partial charge in [0.2, 0.25) is 5.95 Å². The highest BCUT2D eigenvalue weighted by Gasteiger charge is 2.07. The number of hydrogen-bond acceptors (Lipinski definition) is 5. The molecule has 5 heteroatoms. The van der Waals surface area contributed by atoms with E-state index < -0.39 is 0 Å². The van der Waals surface area contributed by atoms with Crippen LogP contribution in [0.2, 0.25) is 0 Å². The van der Waals surface area contributed by atoms with Gasteiger partial charge in [0.1, 0.15) is 11.6 Å². The third-order valence-electron chi connectivity index (χ3n) is 2.65.